The lowest BCUT2D eigenvalue weighted by Crippen LogP contribution is -2.39. The van der Waals surface area contributed by atoms with Gasteiger partial charge in [0.15, 0.2) is 0 Å². The maximum Gasteiger partial charge on any atom is 0.264 e. The number of nitrogens with zero attached hydrogens (tertiary/aromatic N) is 3. The van der Waals surface area contributed by atoms with Crippen LogP contribution in [-0.4, -0.2) is 31.7 Å². The molecule has 1 amide bonds. The van der Waals surface area contributed by atoms with Crippen LogP contribution in [0.4, 0.5) is 10.1 Å². The molecule has 1 aromatic heterocycles. The summed E-state index contributed by atoms with van der Waals surface area (Å²) in [6, 6.07) is 19.5. The van der Waals surface area contributed by atoms with Gasteiger partial charge in [0.1, 0.15) is 12.4 Å². The number of aromatic nitrogens is 1. The molecule has 0 aliphatic carbocycles. The van der Waals surface area contributed by atoms with Crippen molar-refractivity contribution in [1.29, 1.82) is 0 Å². The van der Waals surface area contributed by atoms with Crippen LogP contribution in [0.25, 0.3) is 5.69 Å². The Morgan fingerprint density at radius 2 is 1.51 bits per heavy atom. The molecule has 4 rings (SSSR count). The first-order valence-corrected chi connectivity index (χ1v) is 13.8. The van der Waals surface area contributed by atoms with Crippen LogP contribution in [0, 0.1) is 40.4 Å². The van der Waals surface area contributed by atoms with E-state index in [1.807, 2.05) is 26.8 Å². The summed E-state index contributed by atoms with van der Waals surface area (Å²) >= 11 is 0. The molecule has 0 atom stereocenters. The highest BCUT2D eigenvalue weighted by Gasteiger charge is 2.27. The van der Waals surface area contributed by atoms with Crippen LogP contribution < -0.4 is 9.73 Å². The molecule has 39 heavy (non-hydrogen) atoms. The molecule has 0 aliphatic rings. The van der Waals surface area contributed by atoms with Gasteiger partial charge in [0.05, 0.1) is 16.8 Å². The molecule has 0 spiro atoms. The van der Waals surface area contributed by atoms with Gasteiger partial charge in [-0.25, -0.2) is 18.2 Å². The van der Waals surface area contributed by atoms with E-state index < -0.39 is 28.3 Å². The van der Waals surface area contributed by atoms with Crippen LogP contribution in [0.5, 0.6) is 0 Å². The maximum atomic E-state index is 13.5. The Morgan fingerprint density at radius 3 is 2.13 bits per heavy atom. The summed E-state index contributed by atoms with van der Waals surface area (Å²) in [5, 5.41) is 4.09. The summed E-state index contributed by atoms with van der Waals surface area (Å²) in [5.41, 5.74) is 9.62. The van der Waals surface area contributed by atoms with Crippen LogP contribution in [0.15, 0.2) is 82.8 Å². The number of carbonyl (C=O) groups excluding carboxylic acids is 1. The van der Waals surface area contributed by atoms with Crippen molar-refractivity contribution in [3.8, 4) is 5.69 Å². The monoisotopic (exact) mass is 546 g/mol. The fourth-order valence-electron chi connectivity index (χ4n) is 4.49. The highest BCUT2D eigenvalue weighted by Crippen LogP contribution is 2.25. The molecule has 1 heterocycles. The molecule has 0 saturated heterocycles. The van der Waals surface area contributed by atoms with E-state index in [2.05, 4.69) is 47.1 Å². The van der Waals surface area contributed by atoms with Crippen molar-refractivity contribution < 1.29 is 17.6 Å². The van der Waals surface area contributed by atoms with Gasteiger partial charge in [0, 0.05) is 22.6 Å². The predicted molar refractivity (Wildman–Crippen MR) is 153 cm³/mol. The van der Waals surface area contributed by atoms with Crippen molar-refractivity contribution in [2.45, 2.75) is 39.5 Å². The first-order chi connectivity index (χ1) is 18.5. The zero-order valence-electron chi connectivity index (χ0n) is 22.6. The third-order valence-corrected chi connectivity index (χ3v) is 8.13. The Bertz CT molecular complexity index is 1620. The second kappa shape index (κ2) is 11.2. The maximum absolute atomic E-state index is 13.5. The van der Waals surface area contributed by atoms with E-state index in [0.29, 0.717) is 0 Å². The average molecular weight is 547 g/mol. The summed E-state index contributed by atoms with van der Waals surface area (Å²) < 4.78 is 43.5. The van der Waals surface area contributed by atoms with Crippen molar-refractivity contribution in [3.63, 3.8) is 0 Å². The molecule has 0 bridgehead atoms. The Labute approximate surface area is 228 Å². The summed E-state index contributed by atoms with van der Waals surface area (Å²) in [6.07, 6.45) is 1.54. The number of rotatable bonds is 8. The van der Waals surface area contributed by atoms with Crippen molar-refractivity contribution in [1.82, 2.24) is 9.99 Å². The van der Waals surface area contributed by atoms with Crippen molar-refractivity contribution in [3.05, 3.63) is 112 Å². The minimum absolute atomic E-state index is 0.0209. The van der Waals surface area contributed by atoms with Gasteiger partial charge in [0.2, 0.25) is 0 Å². The molecule has 3 aromatic carbocycles. The fraction of sp³-hybridized carbons (Fsp3) is 0.200. The number of anilines is 1. The Balaban J connectivity index is 1.56. The number of hydrogen-bond acceptors (Lipinski definition) is 4. The van der Waals surface area contributed by atoms with Crippen LogP contribution >= 0.6 is 0 Å². The smallest absolute Gasteiger partial charge is 0.264 e. The topological polar surface area (TPSA) is 83.8 Å². The average Bonchev–Trinajstić information content (AvgIpc) is 3.15. The van der Waals surface area contributed by atoms with Crippen LogP contribution in [0.3, 0.4) is 0 Å². The van der Waals surface area contributed by atoms with Gasteiger partial charge in [0.25, 0.3) is 15.9 Å². The standard InChI is InChI=1S/C30H31FN4O3S/c1-20-6-12-29(13-7-20)39(37,38)34(27-10-8-26(31)9-11-27)19-30(36)33-32-18-25-17-23(4)35(24(25)5)28-15-21(2)14-22(3)16-28/h6-18H,19H2,1-5H3,(H,33,36)/b32-18+. The normalized spacial score (nSPS) is 11.6. The number of carbonyl (C=O) groups is 1. The lowest BCUT2D eigenvalue weighted by molar-refractivity contribution is -0.119. The lowest BCUT2D eigenvalue weighted by Gasteiger charge is -2.23. The third-order valence-electron chi connectivity index (χ3n) is 6.34. The highest BCUT2D eigenvalue weighted by atomic mass is 32.2. The fourth-order valence-corrected chi connectivity index (χ4v) is 5.92. The highest BCUT2D eigenvalue weighted by molar-refractivity contribution is 7.92. The summed E-state index contributed by atoms with van der Waals surface area (Å²) in [5.74, 6) is -1.16. The number of sulfonamides is 1. The molecule has 0 unspecified atom stereocenters. The number of benzene rings is 3. The van der Waals surface area contributed by atoms with Gasteiger partial charge in [-0.15, -0.1) is 0 Å². The van der Waals surface area contributed by atoms with E-state index in [-0.39, 0.29) is 10.6 Å². The van der Waals surface area contributed by atoms with E-state index in [9.17, 15) is 17.6 Å². The van der Waals surface area contributed by atoms with Crippen molar-refractivity contribution in [2.75, 3.05) is 10.8 Å². The largest absolute Gasteiger partial charge is 0.318 e. The predicted octanol–water partition coefficient (Wildman–Crippen LogP) is 5.50. The van der Waals surface area contributed by atoms with Gasteiger partial charge >= 0.3 is 0 Å². The number of hydrogen-bond donors (Lipinski definition) is 1. The van der Waals surface area contributed by atoms with Crippen LogP contribution in [0.2, 0.25) is 0 Å². The van der Waals surface area contributed by atoms with Gasteiger partial charge in [-0.3, -0.25) is 9.10 Å². The van der Waals surface area contributed by atoms with E-state index in [4.69, 9.17) is 0 Å². The molecule has 0 fully saturated rings. The molecule has 0 saturated carbocycles. The second-order valence-corrected chi connectivity index (χ2v) is 11.5. The first-order valence-electron chi connectivity index (χ1n) is 12.4. The molecular weight excluding hydrogens is 515 g/mol. The van der Waals surface area contributed by atoms with E-state index >= 15 is 0 Å². The van der Waals surface area contributed by atoms with Gasteiger partial charge in [-0.1, -0.05) is 23.8 Å². The number of hydrazone groups is 1. The molecule has 7 nitrogen and oxygen atoms in total. The second-order valence-electron chi connectivity index (χ2n) is 9.60. The third kappa shape index (κ3) is 6.26. The van der Waals surface area contributed by atoms with Gasteiger partial charge in [-0.05, 0) is 100 Å². The van der Waals surface area contributed by atoms with Gasteiger partial charge < -0.3 is 4.57 Å². The molecule has 202 valence electrons. The van der Waals surface area contributed by atoms with Crippen molar-refractivity contribution >= 4 is 27.8 Å². The minimum Gasteiger partial charge on any atom is -0.318 e. The zero-order valence-corrected chi connectivity index (χ0v) is 23.4. The van der Waals surface area contributed by atoms with Gasteiger partial charge in [-0.2, -0.15) is 5.10 Å². The summed E-state index contributed by atoms with van der Waals surface area (Å²) in [4.78, 5) is 12.9. The number of nitrogens with one attached hydrogen (secondary N) is 1. The van der Waals surface area contributed by atoms with E-state index in [1.165, 1.54) is 30.5 Å². The number of aryl methyl sites for hydroxylation is 4. The SMILES string of the molecule is Cc1ccc(S(=O)(=O)N(CC(=O)N/N=C/c2cc(C)n(-c3cc(C)cc(C)c3)c2C)c2ccc(F)cc2)cc1. The summed E-state index contributed by atoms with van der Waals surface area (Å²) in [7, 11) is -4.11. The van der Waals surface area contributed by atoms with Crippen LogP contribution in [-0.2, 0) is 14.8 Å². The van der Waals surface area contributed by atoms with E-state index in [0.717, 1.165) is 55.8 Å². The molecule has 1 N–H and O–H groups in total. The van der Waals surface area contributed by atoms with Crippen molar-refractivity contribution in [2.24, 2.45) is 5.10 Å². The lowest BCUT2D eigenvalue weighted by atomic mass is 10.1. The number of amides is 1. The molecule has 0 aliphatic heterocycles. The number of halogens is 1. The zero-order chi connectivity index (χ0) is 28.3. The molecular formula is C30H31FN4O3S. The minimum atomic E-state index is -4.11. The summed E-state index contributed by atoms with van der Waals surface area (Å²) in [6.45, 7) is 9.38. The first kappa shape index (κ1) is 27.8. The van der Waals surface area contributed by atoms with E-state index in [1.54, 1.807) is 12.1 Å². The Morgan fingerprint density at radius 1 is 0.897 bits per heavy atom. The Hall–Kier alpha value is -4.24. The Kier molecular flexibility index (Phi) is 8.01. The molecule has 4 aromatic rings. The quantitative estimate of drug-likeness (QED) is 0.234. The molecule has 9 heteroatoms. The van der Waals surface area contributed by atoms with Crippen LogP contribution in [0.1, 0.15) is 33.6 Å². The molecule has 0 radical (unpaired) electrons.